The first kappa shape index (κ1) is 13.1. The lowest BCUT2D eigenvalue weighted by Gasteiger charge is -2.26. The van der Waals surface area contributed by atoms with Gasteiger partial charge in [0.1, 0.15) is 0 Å². The summed E-state index contributed by atoms with van der Waals surface area (Å²) in [7, 11) is 1.60. The standard InChI is InChI=1S/C17H19NO2/c1-10-4-6-12(7-5-10)13-9-15-14(8-11(13)2)16(19)18(3)17(15)20/h4-7,14-15H,8-9H2,1-3H3/t14-,15+/m0/s1. The predicted molar refractivity (Wildman–Crippen MR) is 77.8 cm³/mol. The molecule has 0 radical (unpaired) electrons. The van der Waals surface area contributed by atoms with Crippen molar-refractivity contribution in [3.8, 4) is 0 Å². The van der Waals surface area contributed by atoms with Crippen LogP contribution in [0.3, 0.4) is 0 Å². The summed E-state index contributed by atoms with van der Waals surface area (Å²) in [5, 5.41) is 0. The van der Waals surface area contributed by atoms with Gasteiger partial charge in [-0.05, 0) is 37.8 Å². The van der Waals surface area contributed by atoms with E-state index in [9.17, 15) is 9.59 Å². The summed E-state index contributed by atoms with van der Waals surface area (Å²) in [4.78, 5) is 25.5. The van der Waals surface area contributed by atoms with Crippen LogP contribution in [0.4, 0.5) is 0 Å². The Morgan fingerprint density at radius 1 is 0.950 bits per heavy atom. The molecule has 1 aliphatic carbocycles. The maximum Gasteiger partial charge on any atom is 0.233 e. The van der Waals surface area contributed by atoms with Crippen LogP contribution in [-0.2, 0) is 9.59 Å². The molecule has 0 aromatic heterocycles. The van der Waals surface area contributed by atoms with E-state index >= 15 is 0 Å². The number of carbonyl (C=O) groups is 2. The molecule has 2 aliphatic rings. The summed E-state index contributed by atoms with van der Waals surface area (Å²) < 4.78 is 0. The average molecular weight is 269 g/mol. The number of fused-ring (bicyclic) bond motifs is 1. The molecule has 0 N–H and O–H groups in total. The van der Waals surface area contributed by atoms with E-state index in [0.717, 1.165) is 0 Å². The number of hydrogen-bond acceptors (Lipinski definition) is 2. The SMILES string of the molecule is CC1=C(c2ccc(C)cc2)C[C@H]2C(=O)N(C)C(=O)[C@H]2C1. The molecule has 0 saturated carbocycles. The Kier molecular flexibility index (Phi) is 3.00. The van der Waals surface area contributed by atoms with E-state index in [-0.39, 0.29) is 23.7 Å². The topological polar surface area (TPSA) is 37.4 Å². The normalized spacial score (nSPS) is 26.2. The highest BCUT2D eigenvalue weighted by Gasteiger charge is 2.47. The van der Waals surface area contributed by atoms with Gasteiger partial charge in [-0.1, -0.05) is 35.4 Å². The zero-order valence-corrected chi connectivity index (χ0v) is 12.1. The maximum atomic E-state index is 12.2. The molecule has 3 rings (SSSR count). The van der Waals surface area contributed by atoms with Gasteiger partial charge in [0.15, 0.2) is 0 Å². The Morgan fingerprint density at radius 2 is 1.50 bits per heavy atom. The first-order chi connectivity index (χ1) is 9.49. The highest BCUT2D eigenvalue weighted by Crippen LogP contribution is 2.43. The van der Waals surface area contributed by atoms with Crippen molar-refractivity contribution in [1.82, 2.24) is 4.90 Å². The molecule has 2 amide bonds. The Morgan fingerprint density at radius 3 is 2.10 bits per heavy atom. The van der Waals surface area contributed by atoms with E-state index in [4.69, 9.17) is 0 Å². The van der Waals surface area contributed by atoms with Gasteiger partial charge in [0, 0.05) is 7.05 Å². The highest BCUT2D eigenvalue weighted by molar-refractivity contribution is 6.06. The van der Waals surface area contributed by atoms with Crippen LogP contribution in [0.1, 0.15) is 30.9 Å². The fraction of sp³-hybridized carbons (Fsp3) is 0.412. The van der Waals surface area contributed by atoms with Crippen LogP contribution in [-0.4, -0.2) is 23.8 Å². The Bertz CT molecular complexity index is 612. The smallest absolute Gasteiger partial charge is 0.233 e. The van der Waals surface area contributed by atoms with E-state index in [1.54, 1.807) is 7.05 Å². The molecule has 1 fully saturated rings. The summed E-state index contributed by atoms with van der Waals surface area (Å²) in [5.74, 6) is -0.325. The van der Waals surface area contributed by atoms with Crippen LogP contribution in [0.2, 0.25) is 0 Å². The number of likely N-dealkylation sites (tertiary alicyclic amines) is 1. The molecule has 3 nitrogen and oxygen atoms in total. The number of aryl methyl sites for hydroxylation is 1. The number of nitrogens with zero attached hydrogens (tertiary/aromatic N) is 1. The molecule has 1 aromatic rings. The maximum absolute atomic E-state index is 12.2. The predicted octanol–water partition coefficient (Wildman–Crippen LogP) is 2.79. The molecule has 0 bridgehead atoms. The number of benzene rings is 1. The third-order valence-electron chi connectivity index (χ3n) is 4.65. The van der Waals surface area contributed by atoms with E-state index < -0.39 is 0 Å². The molecule has 1 heterocycles. The summed E-state index contributed by atoms with van der Waals surface area (Å²) in [6.45, 7) is 4.15. The second-order valence-corrected chi connectivity index (χ2v) is 5.98. The third kappa shape index (κ3) is 1.89. The molecule has 2 atom stereocenters. The average Bonchev–Trinajstić information content (AvgIpc) is 2.64. The fourth-order valence-electron chi connectivity index (χ4n) is 3.38. The Labute approximate surface area is 119 Å². The van der Waals surface area contributed by atoms with Crippen LogP contribution in [0.25, 0.3) is 5.57 Å². The van der Waals surface area contributed by atoms with Crippen LogP contribution in [0.5, 0.6) is 0 Å². The molecule has 3 heteroatoms. The van der Waals surface area contributed by atoms with E-state index in [0.29, 0.717) is 12.8 Å². The second-order valence-electron chi connectivity index (χ2n) is 5.98. The van der Waals surface area contributed by atoms with Gasteiger partial charge in [-0.2, -0.15) is 0 Å². The van der Waals surface area contributed by atoms with Gasteiger partial charge in [0.05, 0.1) is 11.8 Å². The van der Waals surface area contributed by atoms with Gasteiger partial charge in [0.2, 0.25) is 11.8 Å². The van der Waals surface area contributed by atoms with Crippen LogP contribution in [0.15, 0.2) is 29.8 Å². The molecule has 1 aromatic carbocycles. The van der Waals surface area contributed by atoms with Crippen molar-refractivity contribution in [3.05, 3.63) is 41.0 Å². The fourth-order valence-corrected chi connectivity index (χ4v) is 3.38. The molecule has 20 heavy (non-hydrogen) atoms. The van der Waals surface area contributed by atoms with Gasteiger partial charge in [-0.3, -0.25) is 14.5 Å². The lowest BCUT2D eigenvalue weighted by atomic mass is 9.75. The number of allylic oxidation sites excluding steroid dienone is 2. The van der Waals surface area contributed by atoms with Crippen LogP contribution in [0, 0.1) is 18.8 Å². The Balaban J connectivity index is 1.97. The van der Waals surface area contributed by atoms with Crippen molar-refractivity contribution < 1.29 is 9.59 Å². The number of amides is 2. The lowest BCUT2D eigenvalue weighted by molar-refractivity contribution is -0.138. The molecule has 0 unspecified atom stereocenters. The zero-order valence-electron chi connectivity index (χ0n) is 12.1. The van der Waals surface area contributed by atoms with Crippen molar-refractivity contribution in [2.24, 2.45) is 11.8 Å². The van der Waals surface area contributed by atoms with Crippen molar-refractivity contribution in [1.29, 1.82) is 0 Å². The monoisotopic (exact) mass is 269 g/mol. The zero-order chi connectivity index (χ0) is 14.4. The lowest BCUT2D eigenvalue weighted by Crippen LogP contribution is -2.26. The van der Waals surface area contributed by atoms with Crippen molar-refractivity contribution in [2.45, 2.75) is 26.7 Å². The second kappa shape index (κ2) is 4.58. The van der Waals surface area contributed by atoms with Crippen LogP contribution < -0.4 is 0 Å². The number of carbonyl (C=O) groups excluding carboxylic acids is 2. The highest BCUT2D eigenvalue weighted by atomic mass is 16.2. The quantitative estimate of drug-likeness (QED) is 0.735. The summed E-state index contributed by atoms with van der Waals surface area (Å²) in [6.07, 6.45) is 1.40. The van der Waals surface area contributed by atoms with Crippen molar-refractivity contribution in [3.63, 3.8) is 0 Å². The third-order valence-corrected chi connectivity index (χ3v) is 4.65. The van der Waals surface area contributed by atoms with E-state index in [2.05, 4.69) is 38.1 Å². The largest absolute Gasteiger partial charge is 0.285 e. The van der Waals surface area contributed by atoms with E-state index in [1.165, 1.54) is 27.2 Å². The van der Waals surface area contributed by atoms with Crippen LogP contribution >= 0.6 is 0 Å². The molecular formula is C17H19NO2. The van der Waals surface area contributed by atoms with Crippen molar-refractivity contribution in [2.75, 3.05) is 7.05 Å². The molecule has 1 aliphatic heterocycles. The number of rotatable bonds is 1. The van der Waals surface area contributed by atoms with Gasteiger partial charge in [-0.15, -0.1) is 0 Å². The number of imide groups is 1. The van der Waals surface area contributed by atoms with Gasteiger partial charge < -0.3 is 0 Å². The van der Waals surface area contributed by atoms with Gasteiger partial charge in [0.25, 0.3) is 0 Å². The molecule has 0 spiro atoms. The molecule has 104 valence electrons. The molecule has 1 saturated heterocycles. The summed E-state index contributed by atoms with van der Waals surface area (Å²) >= 11 is 0. The minimum absolute atomic E-state index is 0.0118. The first-order valence-corrected chi connectivity index (χ1v) is 7.06. The minimum Gasteiger partial charge on any atom is -0.285 e. The number of hydrogen-bond donors (Lipinski definition) is 0. The van der Waals surface area contributed by atoms with Gasteiger partial charge >= 0.3 is 0 Å². The minimum atomic E-state index is -0.160. The summed E-state index contributed by atoms with van der Waals surface area (Å²) in [6, 6.07) is 8.41. The van der Waals surface area contributed by atoms with Gasteiger partial charge in [-0.25, -0.2) is 0 Å². The molecular weight excluding hydrogens is 250 g/mol. The Hall–Kier alpha value is -1.90. The first-order valence-electron chi connectivity index (χ1n) is 7.06. The van der Waals surface area contributed by atoms with Crippen molar-refractivity contribution >= 4 is 17.4 Å². The summed E-state index contributed by atoms with van der Waals surface area (Å²) in [5.41, 5.74) is 4.89. The van der Waals surface area contributed by atoms with E-state index in [1.807, 2.05) is 0 Å².